The number of anilines is 2. The zero-order valence-electron chi connectivity index (χ0n) is 20.9. The van der Waals surface area contributed by atoms with Crippen molar-refractivity contribution in [3.8, 4) is 11.1 Å². The van der Waals surface area contributed by atoms with Crippen LogP contribution in [0.1, 0.15) is 38.2 Å². The van der Waals surface area contributed by atoms with Gasteiger partial charge in [0.2, 0.25) is 5.95 Å². The van der Waals surface area contributed by atoms with Crippen molar-refractivity contribution in [2.24, 2.45) is 5.92 Å². The van der Waals surface area contributed by atoms with E-state index in [9.17, 15) is 17.6 Å². The van der Waals surface area contributed by atoms with Crippen molar-refractivity contribution in [3.63, 3.8) is 0 Å². The molecule has 2 fully saturated rings. The van der Waals surface area contributed by atoms with E-state index in [0.717, 1.165) is 57.1 Å². The summed E-state index contributed by atoms with van der Waals surface area (Å²) >= 11 is 0. The van der Waals surface area contributed by atoms with Crippen molar-refractivity contribution >= 4 is 11.8 Å². The van der Waals surface area contributed by atoms with Crippen molar-refractivity contribution < 1.29 is 17.6 Å². The monoisotopic (exact) mass is 513 g/mol. The summed E-state index contributed by atoms with van der Waals surface area (Å²) in [7, 11) is 0. The third-order valence-electron chi connectivity index (χ3n) is 7.41. The van der Waals surface area contributed by atoms with E-state index in [1.54, 1.807) is 0 Å². The molecule has 0 aliphatic carbocycles. The fourth-order valence-corrected chi connectivity index (χ4v) is 5.40. The molecule has 196 valence electrons. The summed E-state index contributed by atoms with van der Waals surface area (Å²) in [5.74, 6) is -1.26. The number of hydrogen-bond acceptors (Lipinski definition) is 5. The molecule has 5 rings (SSSR count). The van der Waals surface area contributed by atoms with Crippen molar-refractivity contribution in [1.29, 1.82) is 0 Å². The Balaban J connectivity index is 1.37. The topological polar surface area (TPSA) is 44.3 Å². The molecular weight excluding hydrogens is 482 g/mol. The number of benzene rings is 2. The first kappa shape index (κ1) is 25.4. The lowest BCUT2D eigenvalue weighted by Crippen LogP contribution is -2.48. The standard InChI is InChI=1S/C28H31F4N5/c1-18-3-2-10-37(17-18)22-8-11-36(12-9-22)28-34-16-24(23-7-6-21(30)14-26(23)32)27(35-28)33-15-19-4-5-20(29)13-25(19)31/h4-7,13-14,16,18,22H,2-3,8-12,15,17H2,1H3,(H,33,34,35). The average Bonchev–Trinajstić information content (AvgIpc) is 2.88. The molecule has 1 atom stereocenters. The second-order valence-electron chi connectivity index (χ2n) is 10.1. The predicted molar refractivity (Wildman–Crippen MR) is 136 cm³/mol. The first-order valence-electron chi connectivity index (χ1n) is 12.9. The Morgan fingerprint density at radius 3 is 2.32 bits per heavy atom. The zero-order valence-corrected chi connectivity index (χ0v) is 20.9. The quantitative estimate of drug-likeness (QED) is 0.409. The van der Waals surface area contributed by atoms with Crippen LogP contribution < -0.4 is 10.2 Å². The van der Waals surface area contributed by atoms with E-state index in [1.165, 1.54) is 43.3 Å². The highest BCUT2D eigenvalue weighted by atomic mass is 19.1. The van der Waals surface area contributed by atoms with Gasteiger partial charge in [-0.15, -0.1) is 0 Å². The van der Waals surface area contributed by atoms with E-state index in [2.05, 4.69) is 32.0 Å². The molecule has 3 heterocycles. The van der Waals surface area contributed by atoms with Crippen molar-refractivity contribution in [2.75, 3.05) is 36.4 Å². The molecular formula is C28H31F4N5. The van der Waals surface area contributed by atoms with Crippen molar-refractivity contribution in [1.82, 2.24) is 14.9 Å². The SMILES string of the molecule is CC1CCCN(C2CCN(c3ncc(-c4ccc(F)cc4F)c(NCc4ccc(F)cc4F)n3)CC2)C1. The summed E-state index contributed by atoms with van der Waals surface area (Å²) in [5.41, 5.74) is 0.706. The maximum Gasteiger partial charge on any atom is 0.227 e. The van der Waals surface area contributed by atoms with Gasteiger partial charge in [0.05, 0.1) is 0 Å². The molecule has 37 heavy (non-hydrogen) atoms. The smallest absolute Gasteiger partial charge is 0.227 e. The van der Waals surface area contributed by atoms with Crippen molar-refractivity contribution in [3.05, 3.63) is 71.4 Å². The molecule has 0 bridgehead atoms. The molecule has 1 unspecified atom stereocenters. The Morgan fingerprint density at radius 2 is 1.62 bits per heavy atom. The van der Waals surface area contributed by atoms with Gasteiger partial charge in [0.25, 0.3) is 0 Å². The number of aromatic nitrogens is 2. The van der Waals surface area contributed by atoms with Gasteiger partial charge >= 0.3 is 0 Å². The summed E-state index contributed by atoms with van der Waals surface area (Å²) in [6.07, 6.45) is 6.07. The normalized spacial score (nSPS) is 19.3. The molecule has 0 spiro atoms. The van der Waals surface area contributed by atoms with Gasteiger partial charge in [-0.3, -0.25) is 4.90 Å². The first-order chi connectivity index (χ1) is 17.9. The molecule has 1 N–H and O–H groups in total. The molecule has 0 radical (unpaired) electrons. The van der Waals surface area contributed by atoms with Crippen LogP contribution in [0.5, 0.6) is 0 Å². The van der Waals surface area contributed by atoms with Gasteiger partial charge in [-0.05, 0) is 56.3 Å². The molecule has 9 heteroatoms. The zero-order chi connectivity index (χ0) is 25.9. The molecule has 2 aliphatic rings. The Morgan fingerprint density at radius 1 is 0.892 bits per heavy atom. The number of halogens is 4. The van der Waals surface area contributed by atoms with Crippen LogP contribution in [-0.2, 0) is 6.54 Å². The fraction of sp³-hybridized carbons (Fsp3) is 0.429. The minimum absolute atomic E-state index is 0.00754. The van der Waals surface area contributed by atoms with Crippen LogP contribution >= 0.6 is 0 Å². The minimum atomic E-state index is -0.746. The van der Waals surface area contributed by atoms with Crippen LogP contribution in [0.15, 0.2) is 42.6 Å². The maximum absolute atomic E-state index is 14.7. The van der Waals surface area contributed by atoms with Gasteiger partial charge in [-0.25, -0.2) is 22.5 Å². The van der Waals surface area contributed by atoms with Gasteiger partial charge in [-0.2, -0.15) is 4.98 Å². The van der Waals surface area contributed by atoms with E-state index >= 15 is 0 Å². The van der Waals surface area contributed by atoms with Gasteiger partial charge in [0, 0.05) is 67.2 Å². The number of nitrogens with one attached hydrogen (secondary N) is 1. The van der Waals surface area contributed by atoms with Gasteiger partial charge in [-0.1, -0.05) is 13.0 Å². The summed E-state index contributed by atoms with van der Waals surface area (Å²) in [6.45, 7) is 6.21. The van der Waals surface area contributed by atoms with E-state index in [4.69, 9.17) is 0 Å². The molecule has 2 saturated heterocycles. The second kappa shape index (κ2) is 11.0. The van der Waals surface area contributed by atoms with Crippen LogP contribution in [0.25, 0.3) is 11.1 Å². The molecule has 2 aromatic carbocycles. The summed E-state index contributed by atoms with van der Waals surface area (Å²) in [5, 5.41) is 3.07. The number of piperidine rings is 2. The van der Waals surface area contributed by atoms with E-state index < -0.39 is 23.3 Å². The minimum Gasteiger partial charge on any atom is -0.365 e. The third kappa shape index (κ3) is 5.87. The Labute approximate surface area is 214 Å². The van der Waals surface area contributed by atoms with E-state index in [1.807, 2.05) is 0 Å². The molecule has 0 saturated carbocycles. The highest BCUT2D eigenvalue weighted by Gasteiger charge is 2.29. The van der Waals surface area contributed by atoms with Crippen LogP contribution in [0, 0.1) is 29.2 Å². The van der Waals surface area contributed by atoms with Crippen LogP contribution in [0.4, 0.5) is 29.3 Å². The Kier molecular flexibility index (Phi) is 7.60. The fourth-order valence-electron chi connectivity index (χ4n) is 5.40. The van der Waals surface area contributed by atoms with Gasteiger partial charge in [0.15, 0.2) is 0 Å². The number of rotatable bonds is 6. The summed E-state index contributed by atoms with van der Waals surface area (Å²) in [4.78, 5) is 13.9. The Hall–Kier alpha value is -3.20. The highest BCUT2D eigenvalue weighted by Crippen LogP contribution is 2.32. The summed E-state index contributed by atoms with van der Waals surface area (Å²) < 4.78 is 55.8. The third-order valence-corrected chi connectivity index (χ3v) is 7.41. The Bertz CT molecular complexity index is 1250. The van der Waals surface area contributed by atoms with Gasteiger partial charge in [0.1, 0.15) is 29.1 Å². The molecule has 2 aliphatic heterocycles. The largest absolute Gasteiger partial charge is 0.365 e. The lowest BCUT2D eigenvalue weighted by molar-refractivity contribution is 0.112. The predicted octanol–water partition coefficient (Wildman–Crippen LogP) is 6.01. The molecule has 0 amide bonds. The number of likely N-dealkylation sites (tertiary alicyclic amines) is 1. The van der Waals surface area contributed by atoms with Crippen LogP contribution in [0.2, 0.25) is 0 Å². The van der Waals surface area contributed by atoms with E-state index in [-0.39, 0.29) is 17.7 Å². The molecule has 5 nitrogen and oxygen atoms in total. The first-order valence-corrected chi connectivity index (χ1v) is 12.9. The van der Waals surface area contributed by atoms with Crippen LogP contribution in [-0.4, -0.2) is 47.1 Å². The van der Waals surface area contributed by atoms with Gasteiger partial charge < -0.3 is 10.2 Å². The highest BCUT2D eigenvalue weighted by molar-refractivity contribution is 5.75. The lowest BCUT2D eigenvalue weighted by atomic mass is 9.95. The van der Waals surface area contributed by atoms with Crippen LogP contribution in [0.3, 0.4) is 0 Å². The molecule has 1 aromatic heterocycles. The maximum atomic E-state index is 14.7. The lowest BCUT2D eigenvalue weighted by Gasteiger charge is -2.41. The van der Waals surface area contributed by atoms with E-state index in [0.29, 0.717) is 23.4 Å². The number of hydrogen-bond donors (Lipinski definition) is 1. The molecule has 3 aromatic rings. The van der Waals surface area contributed by atoms with Crippen molar-refractivity contribution in [2.45, 2.75) is 45.2 Å². The summed E-state index contributed by atoms with van der Waals surface area (Å²) in [6, 6.07) is 7.20. The second-order valence-corrected chi connectivity index (χ2v) is 10.1. The average molecular weight is 514 g/mol. The number of nitrogens with zero attached hydrogens (tertiary/aromatic N) is 4.